The van der Waals surface area contributed by atoms with Crippen molar-refractivity contribution in [1.82, 2.24) is 5.32 Å². The third-order valence-corrected chi connectivity index (χ3v) is 5.03. The minimum absolute atomic E-state index is 0.334. The average molecular weight is 293 g/mol. The number of hydrogen-bond acceptors (Lipinski definition) is 3. The number of hydrogen-bond donors (Lipinski definition) is 2. The van der Waals surface area contributed by atoms with E-state index in [4.69, 9.17) is 0 Å². The lowest BCUT2D eigenvalue weighted by Gasteiger charge is -2.15. The highest BCUT2D eigenvalue weighted by Crippen LogP contribution is 2.45. The number of fused-ring (bicyclic) bond motifs is 1. The summed E-state index contributed by atoms with van der Waals surface area (Å²) in [5, 5.41) is 13.8. The Bertz CT molecular complexity index is 447. The number of thioether (sulfide) groups is 1. The highest BCUT2D eigenvalue weighted by atomic mass is 32.2. The SMILES string of the molecule is CSCCCCCNC1CC(C)c2c(C)ccc(O)c21. The van der Waals surface area contributed by atoms with Gasteiger partial charge in [-0.15, -0.1) is 0 Å². The Balaban J connectivity index is 1.91. The van der Waals surface area contributed by atoms with E-state index in [1.54, 1.807) is 0 Å². The average Bonchev–Trinajstić information content (AvgIpc) is 2.76. The molecule has 0 saturated heterocycles. The molecule has 0 aromatic heterocycles. The van der Waals surface area contributed by atoms with Crippen LogP contribution in [0.5, 0.6) is 5.75 Å². The maximum atomic E-state index is 10.2. The zero-order valence-electron chi connectivity index (χ0n) is 12.9. The summed E-state index contributed by atoms with van der Waals surface area (Å²) in [6, 6.07) is 4.22. The highest BCUT2D eigenvalue weighted by molar-refractivity contribution is 7.98. The van der Waals surface area contributed by atoms with Crippen molar-refractivity contribution in [2.24, 2.45) is 0 Å². The summed E-state index contributed by atoms with van der Waals surface area (Å²) in [5.41, 5.74) is 3.83. The Hall–Kier alpha value is -0.670. The standard InChI is InChI=1S/C17H27NOS/c1-12-7-8-15(19)17-14(11-13(2)16(12)17)18-9-5-4-6-10-20-3/h7-8,13-14,18-19H,4-6,9-11H2,1-3H3. The predicted molar refractivity (Wildman–Crippen MR) is 88.9 cm³/mol. The third kappa shape index (κ3) is 3.50. The second-order valence-electron chi connectivity index (χ2n) is 5.93. The molecule has 3 heteroatoms. The maximum absolute atomic E-state index is 10.2. The molecule has 2 rings (SSSR count). The van der Waals surface area contributed by atoms with E-state index in [9.17, 15) is 5.11 Å². The minimum Gasteiger partial charge on any atom is -0.508 e. The fourth-order valence-corrected chi connectivity index (χ4v) is 3.85. The van der Waals surface area contributed by atoms with Crippen LogP contribution in [-0.4, -0.2) is 23.7 Å². The topological polar surface area (TPSA) is 32.3 Å². The Kier molecular flexibility index (Phi) is 5.79. The van der Waals surface area contributed by atoms with Crippen LogP contribution in [0.1, 0.15) is 61.3 Å². The van der Waals surface area contributed by atoms with Gasteiger partial charge in [0.25, 0.3) is 0 Å². The number of phenolic OH excluding ortho intramolecular Hbond substituents is 1. The number of aryl methyl sites for hydroxylation is 1. The summed E-state index contributed by atoms with van der Waals surface area (Å²) in [4.78, 5) is 0. The van der Waals surface area contributed by atoms with Crippen molar-refractivity contribution >= 4 is 11.8 Å². The molecule has 0 bridgehead atoms. The van der Waals surface area contributed by atoms with Crippen LogP contribution in [0.15, 0.2) is 12.1 Å². The fraction of sp³-hybridized carbons (Fsp3) is 0.647. The Morgan fingerprint density at radius 2 is 2.05 bits per heavy atom. The number of unbranched alkanes of at least 4 members (excludes halogenated alkanes) is 2. The van der Waals surface area contributed by atoms with Crippen LogP contribution in [0.2, 0.25) is 0 Å². The van der Waals surface area contributed by atoms with Crippen LogP contribution in [-0.2, 0) is 0 Å². The van der Waals surface area contributed by atoms with Gasteiger partial charge in [-0.05, 0) is 67.9 Å². The molecule has 2 nitrogen and oxygen atoms in total. The molecule has 1 aliphatic carbocycles. The van der Waals surface area contributed by atoms with Crippen molar-refractivity contribution in [1.29, 1.82) is 0 Å². The van der Waals surface area contributed by atoms with Gasteiger partial charge in [-0.1, -0.05) is 19.4 Å². The van der Waals surface area contributed by atoms with E-state index in [1.807, 2.05) is 23.9 Å². The largest absolute Gasteiger partial charge is 0.508 e. The van der Waals surface area contributed by atoms with Crippen molar-refractivity contribution in [3.63, 3.8) is 0 Å². The van der Waals surface area contributed by atoms with Crippen molar-refractivity contribution < 1.29 is 5.11 Å². The van der Waals surface area contributed by atoms with E-state index in [0.717, 1.165) is 18.5 Å². The van der Waals surface area contributed by atoms with Gasteiger partial charge in [-0.2, -0.15) is 11.8 Å². The first kappa shape index (κ1) is 15.7. The summed E-state index contributed by atoms with van der Waals surface area (Å²) in [6.07, 6.45) is 7.11. The van der Waals surface area contributed by atoms with Gasteiger partial charge in [0.1, 0.15) is 5.75 Å². The Morgan fingerprint density at radius 3 is 2.80 bits per heavy atom. The molecule has 112 valence electrons. The first-order valence-corrected chi connectivity index (χ1v) is 9.09. The molecule has 1 aliphatic rings. The number of phenols is 1. The van der Waals surface area contributed by atoms with E-state index in [0.29, 0.717) is 17.7 Å². The lowest BCUT2D eigenvalue weighted by molar-refractivity contribution is 0.442. The number of rotatable bonds is 7. The van der Waals surface area contributed by atoms with Crippen molar-refractivity contribution in [2.75, 3.05) is 18.6 Å². The predicted octanol–water partition coefficient (Wildman–Crippen LogP) is 4.37. The molecule has 1 aromatic rings. The summed E-state index contributed by atoms with van der Waals surface area (Å²) >= 11 is 1.93. The number of aromatic hydroxyl groups is 1. The molecular formula is C17H27NOS. The van der Waals surface area contributed by atoms with Gasteiger partial charge in [0.05, 0.1) is 0 Å². The van der Waals surface area contributed by atoms with E-state index in [2.05, 4.69) is 25.4 Å². The van der Waals surface area contributed by atoms with Crippen LogP contribution in [0, 0.1) is 6.92 Å². The van der Waals surface area contributed by atoms with Gasteiger partial charge in [-0.25, -0.2) is 0 Å². The van der Waals surface area contributed by atoms with Crippen molar-refractivity contribution in [3.05, 3.63) is 28.8 Å². The minimum atomic E-state index is 0.334. The summed E-state index contributed by atoms with van der Waals surface area (Å²) in [6.45, 7) is 5.48. The van der Waals surface area contributed by atoms with Gasteiger partial charge in [0.15, 0.2) is 0 Å². The maximum Gasteiger partial charge on any atom is 0.120 e. The molecule has 2 unspecified atom stereocenters. The van der Waals surface area contributed by atoms with Crippen molar-refractivity contribution in [3.8, 4) is 5.75 Å². The zero-order valence-corrected chi connectivity index (χ0v) is 13.7. The van der Waals surface area contributed by atoms with E-state index in [1.165, 1.54) is 36.1 Å². The third-order valence-electron chi connectivity index (χ3n) is 4.33. The van der Waals surface area contributed by atoms with Gasteiger partial charge in [0, 0.05) is 11.6 Å². The zero-order chi connectivity index (χ0) is 14.5. The van der Waals surface area contributed by atoms with Crippen LogP contribution in [0.3, 0.4) is 0 Å². The number of benzene rings is 1. The second kappa shape index (κ2) is 7.37. The lowest BCUT2D eigenvalue weighted by atomic mass is 9.97. The monoisotopic (exact) mass is 293 g/mol. The molecule has 0 radical (unpaired) electrons. The molecular weight excluding hydrogens is 266 g/mol. The molecule has 0 spiro atoms. The van der Waals surface area contributed by atoms with Gasteiger partial charge < -0.3 is 10.4 Å². The van der Waals surface area contributed by atoms with E-state index < -0.39 is 0 Å². The van der Waals surface area contributed by atoms with Crippen LogP contribution in [0.4, 0.5) is 0 Å². The molecule has 0 aliphatic heterocycles. The Labute approximate surface area is 127 Å². The van der Waals surface area contributed by atoms with Gasteiger partial charge >= 0.3 is 0 Å². The van der Waals surface area contributed by atoms with Crippen LogP contribution < -0.4 is 5.32 Å². The van der Waals surface area contributed by atoms with E-state index >= 15 is 0 Å². The Morgan fingerprint density at radius 1 is 1.25 bits per heavy atom. The highest BCUT2D eigenvalue weighted by Gasteiger charge is 2.31. The summed E-state index contributed by atoms with van der Waals surface area (Å²) < 4.78 is 0. The number of nitrogens with one attached hydrogen (secondary N) is 1. The lowest BCUT2D eigenvalue weighted by Crippen LogP contribution is -2.20. The molecule has 2 N–H and O–H groups in total. The molecule has 0 saturated carbocycles. The van der Waals surface area contributed by atoms with E-state index in [-0.39, 0.29) is 0 Å². The van der Waals surface area contributed by atoms with Gasteiger partial charge in [0.2, 0.25) is 0 Å². The van der Waals surface area contributed by atoms with Crippen LogP contribution in [0.25, 0.3) is 0 Å². The van der Waals surface area contributed by atoms with Crippen molar-refractivity contribution in [2.45, 2.75) is 51.5 Å². The summed E-state index contributed by atoms with van der Waals surface area (Å²) in [5.74, 6) is 2.28. The molecule has 20 heavy (non-hydrogen) atoms. The molecule has 2 atom stereocenters. The first-order chi connectivity index (χ1) is 9.65. The summed E-state index contributed by atoms with van der Waals surface area (Å²) in [7, 11) is 0. The van der Waals surface area contributed by atoms with Crippen LogP contribution >= 0.6 is 11.8 Å². The molecule has 0 amide bonds. The van der Waals surface area contributed by atoms with Gasteiger partial charge in [-0.3, -0.25) is 0 Å². The molecule has 0 heterocycles. The molecule has 1 aromatic carbocycles. The smallest absolute Gasteiger partial charge is 0.120 e. The first-order valence-electron chi connectivity index (χ1n) is 7.69. The second-order valence-corrected chi connectivity index (χ2v) is 6.91. The normalized spacial score (nSPS) is 21.1. The fourth-order valence-electron chi connectivity index (χ4n) is 3.35. The quantitative estimate of drug-likeness (QED) is 0.732. The molecule has 0 fully saturated rings.